The van der Waals surface area contributed by atoms with E-state index in [2.05, 4.69) is 27.6 Å². The number of piperidine rings is 1. The third-order valence-electron chi connectivity index (χ3n) is 4.28. The lowest BCUT2D eigenvalue weighted by Gasteiger charge is -2.30. The molecule has 1 amide bonds. The Morgan fingerprint density at radius 3 is 3.00 bits per heavy atom. The van der Waals surface area contributed by atoms with Crippen molar-refractivity contribution in [2.75, 3.05) is 13.1 Å². The van der Waals surface area contributed by atoms with Crippen molar-refractivity contribution >= 4 is 5.91 Å². The Bertz CT molecular complexity index is 653. The molecule has 6 heteroatoms. The van der Waals surface area contributed by atoms with Crippen LogP contribution in [0.5, 0.6) is 0 Å². The molecule has 1 fully saturated rings. The lowest BCUT2D eigenvalue weighted by Crippen LogP contribution is -2.50. The number of nitrogens with one attached hydrogen (secondary N) is 2. The van der Waals surface area contributed by atoms with E-state index in [0.29, 0.717) is 11.5 Å². The molecule has 1 saturated heterocycles. The summed E-state index contributed by atoms with van der Waals surface area (Å²) in [5.41, 5.74) is 2.54. The summed E-state index contributed by atoms with van der Waals surface area (Å²) in [6.07, 6.45) is 4.23. The number of rotatable bonds is 3. The molecule has 0 saturated carbocycles. The molecule has 0 aliphatic carbocycles. The van der Waals surface area contributed by atoms with E-state index in [-0.39, 0.29) is 11.9 Å². The van der Waals surface area contributed by atoms with E-state index < -0.39 is 0 Å². The largest absolute Gasteiger partial charge is 0.348 e. The van der Waals surface area contributed by atoms with Crippen molar-refractivity contribution in [3.8, 4) is 5.69 Å². The minimum atomic E-state index is -0.0109. The summed E-state index contributed by atoms with van der Waals surface area (Å²) >= 11 is 0. The number of nitrogens with zero attached hydrogens (tertiary/aromatic N) is 3. The molecule has 3 rings (SSSR count). The summed E-state index contributed by atoms with van der Waals surface area (Å²) in [4.78, 5) is 16.4. The molecule has 1 aromatic carbocycles. The summed E-state index contributed by atoms with van der Waals surface area (Å²) in [5.74, 6) is 0.489. The van der Waals surface area contributed by atoms with Crippen LogP contribution in [0.2, 0.25) is 0 Å². The molecule has 1 aromatic heterocycles. The van der Waals surface area contributed by atoms with Gasteiger partial charge in [0.1, 0.15) is 12.7 Å². The molecule has 0 radical (unpaired) electrons. The third kappa shape index (κ3) is 3.01. The van der Waals surface area contributed by atoms with Crippen LogP contribution >= 0.6 is 0 Å². The normalized spacial score (nSPS) is 21.5. The Morgan fingerprint density at radius 2 is 2.32 bits per heavy atom. The Morgan fingerprint density at radius 1 is 1.45 bits per heavy atom. The Balaban J connectivity index is 1.75. The molecular weight excluding hydrogens is 278 g/mol. The average molecular weight is 299 g/mol. The van der Waals surface area contributed by atoms with Gasteiger partial charge in [0.15, 0.2) is 0 Å². The van der Waals surface area contributed by atoms with Gasteiger partial charge in [-0.2, -0.15) is 5.10 Å². The number of aromatic nitrogens is 3. The van der Waals surface area contributed by atoms with Crippen molar-refractivity contribution in [2.45, 2.75) is 26.3 Å². The van der Waals surface area contributed by atoms with Gasteiger partial charge in [0, 0.05) is 18.2 Å². The second kappa shape index (κ2) is 6.27. The number of carbonyl (C=O) groups is 1. The minimum absolute atomic E-state index is 0.0109. The summed E-state index contributed by atoms with van der Waals surface area (Å²) < 4.78 is 1.68. The van der Waals surface area contributed by atoms with Gasteiger partial charge in [-0.3, -0.25) is 4.79 Å². The predicted octanol–water partition coefficient (Wildman–Crippen LogP) is 1.30. The van der Waals surface area contributed by atoms with E-state index in [1.807, 2.05) is 25.1 Å². The van der Waals surface area contributed by atoms with Crippen LogP contribution in [-0.2, 0) is 0 Å². The van der Waals surface area contributed by atoms with Crippen LogP contribution in [0.1, 0.15) is 29.3 Å². The highest BCUT2D eigenvalue weighted by atomic mass is 16.1. The third-order valence-corrected chi connectivity index (χ3v) is 4.28. The average Bonchev–Trinajstić information content (AvgIpc) is 3.03. The molecule has 2 unspecified atom stereocenters. The number of aryl methyl sites for hydroxylation is 1. The SMILES string of the molecule is Cc1cc(-n2cncn2)ccc1C(=O)NC1CNCCC1C. The van der Waals surface area contributed by atoms with E-state index in [1.54, 1.807) is 11.0 Å². The lowest BCUT2D eigenvalue weighted by atomic mass is 9.94. The predicted molar refractivity (Wildman–Crippen MR) is 84.0 cm³/mol. The standard InChI is InChI=1S/C16H21N5O/c1-11-5-6-17-8-15(11)20-16(22)14-4-3-13(7-12(14)2)21-10-18-9-19-21/h3-4,7,9-11,15,17H,5-6,8H2,1-2H3,(H,20,22). The maximum absolute atomic E-state index is 12.5. The molecule has 2 N–H and O–H groups in total. The maximum Gasteiger partial charge on any atom is 0.251 e. The van der Waals surface area contributed by atoms with Gasteiger partial charge in [-0.15, -0.1) is 0 Å². The maximum atomic E-state index is 12.5. The quantitative estimate of drug-likeness (QED) is 0.896. The molecule has 0 spiro atoms. The zero-order chi connectivity index (χ0) is 15.5. The van der Waals surface area contributed by atoms with Crippen molar-refractivity contribution < 1.29 is 4.79 Å². The van der Waals surface area contributed by atoms with Gasteiger partial charge in [-0.05, 0) is 49.6 Å². The van der Waals surface area contributed by atoms with Gasteiger partial charge in [0.05, 0.1) is 5.69 Å². The first-order chi connectivity index (χ1) is 10.6. The monoisotopic (exact) mass is 299 g/mol. The molecule has 1 aliphatic heterocycles. The zero-order valence-corrected chi connectivity index (χ0v) is 12.9. The van der Waals surface area contributed by atoms with Crippen molar-refractivity contribution in [1.82, 2.24) is 25.4 Å². The first-order valence-electron chi connectivity index (χ1n) is 7.62. The number of amides is 1. The highest BCUT2D eigenvalue weighted by Gasteiger charge is 2.23. The van der Waals surface area contributed by atoms with Crippen molar-refractivity contribution in [2.24, 2.45) is 5.92 Å². The molecule has 2 aromatic rings. The highest BCUT2D eigenvalue weighted by molar-refractivity contribution is 5.96. The second-order valence-corrected chi connectivity index (χ2v) is 5.89. The van der Waals surface area contributed by atoms with Crippen molar-refractivity contribution in [3.05, 3.63) is 42.0 Å². The van der Waals surface area contributed by atoms with Gasteiger partial charge < -0.3 is 10.6 Å². The molecule has 116 valence electrons. The fourth-order valence-corrected chi connectivity index (χ4v) is 2.82. The molecule has 22 heavy (non-hydrogen) atoms. The first kappa shape index (κ1) is 14.7. The van der Waals surface area contributed by atoms with Gasteiger partial charge in [-0.1, -0.05) is 6.92 Å². The van der Waals surface area contributed by atoms with Crippen LogP contribution in [0.3, 0.4) is 0 Å². The minimum Gasteiger partial charge on any atom is -0.348 e. The zero-order valence-electron chi connectivity index (χ0n) is 12.9. The van der Waals surface area contributed by atoms with Crippen molar-refractivity contribution in [1.29, 1.82) is 0 Å². The number of benzene rings is 1. The summed E-state index contributed by atoms with van der Waals surface area (Å²) in [6.45, 7) is 5.99. The summed E-state index contributed by atoms with van der Waals surface area (Å²) in [7, 11) is 0. The Hall–Kier alpha value is -2.21. The number of hydrogen-bond donors (Lipinski definition) is 2. The molecule has 2 heterocycles. The second-order valence-electron chi connectivity index (χ2n) is 5.89. The van der Waals surface area contributed by atoms with E-state index in [1.165, 1.54) is 6.33 Å². The van der Waals surface area contributed by atoms with E-state index in [9.17, 15) is 4.79 Å². The van der Waals surface area contributed by atoms with Gasteiger partial charge in [0.2, 0.25) is 0 Å². The van der Waals surface area contributed by atoms with Gasteiger partial charge >= 0.3 is 0 Å². The van der Waals surface area contributed by atoms with E-state index >= 15 is 0 Å². The number of hydrogen-bond acceptors (Lipinski definition) is 4. The Kier molecular flexibility index (Phi) is 4.20. The first-order valence-corrected chi connectivity index (χ1v) is 7.62. The van der Waals surface area contributed by atoms with Crippen LogP contribution < -0.4 is 10.6 Å². The molecule has 1 aliphatic rings. The van der Waals surface area contributed by atoms with Crippen molar-refractivity contribution in [3.63, 3.8) is 0 Å². The van der Waals surface area contributed by atoms with Gasteiger partial charge in [-0.25, -0.2) is 9.67 Å². The molecule has 0 bridgehead atoms. The van der Waals surface area contributed by atoms with Crippen LogP contribution in [0.4, 0.5) is 0 Å². The van der Waals surface area contributed by atoms with Crippen LogP contribution in [-0.4, -0.2) is 39.8 Å². The molecule has 6 nitrogen and oxygen atoms in total. The highest BCUT2D eigenvalue weighted by Crippen LogP contribution is 2.16. The van der Waals surface area contributed by atoms with Crippen LogP contribution in [0, 0.1) is 12.8 Å². The topological polar surface area (TPSA) is 71.8 Å². The Labute approximate surface area is 129 Å². The summed E-state index contributed by atoms with van der Waals surface area (Å²) in [6, 6.07) is 5.88. The molecule has 2 atom stereocenters. The summed E-state index contributed by atoms with van der Waals surface area (Å²) in [5, 5.41) is 10.6. The van der Waals surface area contributed by atoms with E-state index in [0.717, 1.165) is 30.8 Å². The number of carbonyl (C=O) groups excluding carboxylic acids is 1. The fourth-order valence-electron chi connectivity index (χ4n) is 2.82. The molecular formula is C16H21N5O. The smallest absolute Gasteiger partial charge is 0.251 e. The van der Waals surface area contributed by atoms with Gasteiger partial charge in [0.25, 0.3) is 5.91 Å². The van der Waals surface area contributed by atoms with Crippen LogP contribution in [0.25, 0.3) is 5.69 Å². The lowest BCUT2D eigenvalue weighted by molar-refractivity contribution is 0.0914. The fraction of sp³-hybridized carbons (Fsp3) is 0.438. The van der Waals surface area contributed by atoms with E-state index in [4.69, 9.17) is 0 Å². The van der Waals surface area contributed by atoms with Crippen LogP contribution in [0.15, 0.2) is 30.9 Å².